The molecule has 1 heterocycles. The molecule has 0 saturated heterocycles. The van der Waals surface area contributed by atoms with Gasteiger partial charge in [0.15, 0.2) is 5.82 Å². The van der Waals surface area contributed by atoms with E-state index in [4.69, 9.17) is 0 Å². The summed E-state index contributed by atoms with van der Waals surface area (Å²) in [5.74, 6) is 0.693. The van der Waals surface area contributed by atoms with Gasteiger partial charge in [0.1, 0.15) is 0 Å². The number of likely N-dealkylation sites (N-methyl/N-ethyl adjacent to an activating group) is 1. The zero-order valence-electron chi connectivity index (χ0n) is 11.5. The number of aliphatic hydroxyl groups is 1. The maximum absolute atomic E-state index is 10.1. The van der Waals surface area contributed by atoms with Gasteiger partial charge in [-0.3, -0.25) is 0 Å². The van der Waals surface area contributed by atoms with E-state index in [9.17, 15) is 5.11 Å². The normalized spacial score (nSPS) is 12.7. The highest BCUT2D eigenvalue weighted by molar-refractivity contribution is 5.54. The summed E-state index contributed by atoms with van der Waals surface area (Å²) in [5.41, 5.74) is 2.59. The smallest absolute Gasteiger partial charge is 0.159 e. The molecule has 0 unspecified atom stereocenters. The van der Waals surface area contributed by atoms with Crippen LogP contribution in [0, 0.1) is 6.92 Å². The topological polar surface area (TPSA) is 49.3 Å². The highest BCUT2D eigenvalue weighted by atomic mass is 16.3. The third-order valence-corrected chi connectivity index (χ3v) is 2.95. The van der Waals surface area contributed by atoms with Crippen LogP contribution in [0.2, 0.25) is 0 Å². The van der Waals surface area contributed by atoms with Crippen molar-refractivity contribution in [3.05, 3.63) is 47.8 Å². The molecule has 2 rings (SSSR count). The number of aryl methyl sites for hydroxylation is 1. The van der Waals surface area contributed by atoms with Crippen LogP contribution < -0.4 is 0 Å². The number of nitrogens with zero attached hydrogens (tertiary/aromatic N) is 3. The van der Waals surface area contributed by atoms with E-state index < -0.39 is 6.10 Å². The van der Waals surface area contributed by atoms with Crippen molar-refractivity contribution in [2.75, 3.05) is 20.6 Å². The fourth-order valence-electron chi connectivity index (χ4n) is 1.97. The molecule has 0 aliphatic carbocycles. The number of rotatable bonds is 4. The fraction of sp³-hybridized carbons (Fsp3) is 0.333. The Balaban J connectivity index is 2.27. The largest absolute Gasteiger partial charge is 0.387 e. The molecule has 0 aliphatic heterocycles. The van der Waals surface area contributed by atoms with Crippen LogP contribution in [0.5, 0.6) is 0 Å². The first kappa shape index (κ1) is 13.6. The van der Waals surface area contributed by atoms with E-state index in [-0.39, 0.29) is 0 Å². The summed E-state index contributed by atoms with van der Waals surface area (Å²) in [6.45, 7) is 2.47. The zero-order valence-corrected chi connectivity index (χ0v) is 11.5. The molecule has 0 aliphatic rings. The van der Waals surface area contributed by atoms with Crippen LogP contribution in [0.1, 0.15) is 17.4 Å². The van der Waals surface area contributed by atoms with Gasteiger partial charge in [-0.2, -0.15) is 0 Å². The first-order valence-corrected chi connectivity index (χ1v) is 6.29. The van der Waals surface area contributed by atoms with Crippen LogP contribution in [-0.4, -0.2) is 40.6 Å². The van der Waals surface area contributed by atoms with Crippen molar-refractivity contribution in [2.45, 2.75) is 13.0 Å². The van der Waals surface area contributed by atoms with Crippen LogP contribution in [0.25, 0.3) is 11.4 Å². The Morgan fingerprint density at radius 3 is 2.47 bits per heavy atom. The molecule has 0 amide bonds. The van der Waals surface area contributed by atoms with E-state index >= 15 is 0 Å². The number of benzene rings is 1. The molecular formula is C15H19N3O. The molecule has 0 saturated carbocycles. The van der Waals surface area contributed by atoms with Crippen molar-refractivity contribution in [1.29, 1.82) is 0 Å². The molecule has 2 aromatic rings. The minimum Gasteiger partial charge on any atom is -0.387 e. The Kier molecular flexibility index (Phi) is 4.24. The van der Waals surface area contributed by atoms with Gasteiger partial charge in [0.25, 0.3) is 0 Å². The molecule has 0 bridgehead atoms. The summed E-state index contributed by atoms with van der Waals surface area (Å²) in [6, 6.07) is 9.84. The summed E-state index contributed by atoms with van der Waals surface area (Å²) < 4.78 is 0. The third kappa shape index (κ3) is 3.36. The predicted molar refractivity (Wildman–Crippen MR) is 75.7 cm³/mol. The van der Waals surface area contributed by atoms with Gasteiger partial charge in [0.2, 0.25) is 0 Å². The Morgan fingerprint density at radius 1 is 1.21 bits per heavy atom. The molecule has 100 valence electrons. The molecular weight excluding hydrogens is 238 g/mol. The molecule has 1 N–H and O–H groups in total. The van der Waals surface area contributed by atoms with Gasteiger partial charge in [0.05, 0.1) is 6.10 Å². The Bertz CT molecular complexity index is 540. The number of aliphatic hydroxyl groups excluding tert-OH is 1. The highest BCUT2D eigenvalue weighted by Crippen LogP contribution is 2.20. The van der Waals surface area contributed by atoms with Gasteiger partial charge in [-0.1, -0.05) is 30.3 Å². The van der Waals surface area contributed by atoms with Crippen LogP contribution in [0.15, 0.2) is 36.5 Å². The van der Waals surface area contributed by atoms with Crippen LogP contribution in [0.4, 0.5) is 0 Å². The van der Waals surface area contributed by atoms with Gasteiger partial charge in [0, 0.05) is 29.6 Å². The molecule has 4 heteroatoms. The molecule has 19 heavy (non-hydrogen) atoms. The number of hydrogen-bond acceptors (Lipinski definition) is 4. The molecule has 1 aromatic carbocycles. The highest BCUT2D eigenvalue weighted by Gasteiger charge is 2.14. The zero-order chi connectivity index (χ0) is 13.8. The van der Waals surface area contributed by atoms with Gasteiger partial charge in [-0.05, 0) is 21.0 Å². The van der Waals surface area contributed by atoms with Crippen LogP contribution >= 0.6 is 0 Å². The van der Waals surface area contributed by atoms with Crippen LogP contribution in [-0.2, 0) is 0 Å². The maximum atomic E-state index is 10.1. The molecule has 0 radical (unpaired) electrons. The lowest BCUT2D eigenvalue weighted by molar-refractivity contribution is 0.137. The van der Waals surface area contributed by atoms with Crippen LogP contribution in [0.3, 0.4) is 0 Å². The minimum absolute atomic E-state index is 0.556. The number of hydrogen-bond donors (Lipinski definition) is 1. The SMILES string of the molecule is Cc1nc(-c2ccccc2)ncc1[C@H](O)CN(C)C. The van der Waals surface area contributed by atoms with Crippen molar-refractivity contribution < 1.29 is 5.11 Å². The van der Waals surface area contributed by atoms with Crippen molar-refractivity contribution in [1.82, 2.24) is 14.9 Å². The Morgan fingerprint density at radius 2 is 1.89 bits per heavy atom. The summed E-state index contributed by atoms with van der Waals surface area (Å²) in [5, 5.41) is 10.1. The van der Waals surface area contributed by atoms with E-state index in [1.54, 1.807) is 6.20 Å². The molecule has 4 nitrogen and oxygen atoms in total. The maximum Gasteiger partial charge on any atom is 0.159 e. The molecule has 1 atom stereocenters. The third-order valence-electron chi connectivity index (χ3n) is 2.95. The van der Waals surface area contributed by atoms with Gasteiger partial charge < -0.3 is 10.0 Å². The lowest BCUT2D eigenvalue weighted by Crippen LogP contribution is -2.21. The van der Waals surface area contributed by atoms with E-state index in [0.717, 1.165) is 16.8 Å². The van der Waals surface area contributed by atoms with Crippen molar-refractivity contribution in [3.8, 4) is 11.4 Å². The number of aromatic nitrogens is 2. The standard InChI is InChI=1S/C15H19N3O/c1-11-13(14(19)10-18(2)3)9-16-15(17-11)12-7-5-4-6-8-12/h4-9,14,19H,10H2,1-3H3/t14-/m1/s1. The Hall–Kier alpha value is -1.78. The first-order chi connectivity index (χ1) is 9.08. The molecule has 0 spiro atoms. The summed E-state index contributed by atoms with van der Waals surface area (Å²) in [4.78, 5) is 10.8. The second-order valence-electron chi connectivity index (χ2n) is 4.88. The average Bonchev–Trinajstić information content (AvgIpc) is 2.38. The van der Waals surface area contributed by atoms with E-state index in [0.29, 0.717) is 12.4 Å². The second-order valence-corrected chi connectivity index (χ2v) is 4.88. The van der Waals surface area contributed by atoms with E-state index in [1.165, 1.54) is 0 Å². The lowest BCUT2D eigenvalue weighted by atomic mass is 10.1. The van der Waals surface area contributed by atoms with E-state index in [1.807, 2.05) is 56.3 Å². The molecule has 0 fully saturated rings. The minimum atomic E-state index is -0.556. The lowest BCUT2D eigenvalue weighted by Gasteiger charge is -2.17. The van der Waals surface area contributed by atoms with Gasteiger partial charge in [-0.15, -0.1) is 0 Å². The monoisotopic (exact) mass is 257 g/mol. The fourth-order valence-corrected chi connectivity index (χ4v) is 1.97. The van der Waals surface area contributed by atoms with Crippen molar-refractivity contribution >= 4 is 0 Å². The van der Waals surface area contributed by atoms with Crippen molar-refractivity contribution in [2.24, 2.45) is 0 Å². The van der Waals surface area contributed by atoms with Gasteiger partial charge >= 0.3 is 0 Å². The Labute approximate surface area is 113 Å². The predicted octanol–water partition coefficient (Wildman–Crippen LogP) is 2.05. The first-order valence-electron chi connectivity index (χ1n) is 6.29. The van der Waals surface area contributed by atoms with Gasteiger partial charge in [-0.25, -0.2) is 9.97 Å². The van der Waals surface area contributed by atoms with Crippen molar-refractivity contribution in [3.63, 3.8) is 0 Å². The average molecular weight is 257 g/mol. The molecule has 1 aromatic heterocycles. The summed E-state index contributed by atoms with van der Waals surface area (Å²) in [7, 11) is 3.86. The summed E-state index contributed by atoms with van der Waals surface area (Å²) >= 11 is 0. The van der Waals surface area contributed by atoms with E-state index in [2.05, 4.69) is 9.97 Å². The quantitative estimate of drug-likeness (QED) is 0.910. The second kappa shape index (κ2) is 5.91. The summed E-state index contributed by atoms with van der Waals surface area (Å²) in [6.07, 6.45) is 1.17.